The Morgan fingerprint density at radius 1 is 1.39 bits per heavy atom. The van der Waals surface area contributed by atoms with Crippen LogP contribution in [0.5, 0.6) is 0 Å². The lowest BCUT2D eigenvalue weighted by atomic mass is 9.86. The molecule has 1 aliphatic rings. The molecule has 2 heterocycles. The van der Waals surface area contributed by atoms with Crippen LogP contribution in [0.2, 0.25) is 0 Å². The van der Waals surface area contributed by atoms with Gasteiger partial charge in [-0.15, -0.1) is 11.3 Å². The van der Waals surface area contributed by atoms with Gasteiger partial charge in [-0.25, -0.2) is 4.98 Å². The van der Waals surface area contributed by atoms with Crippen LogP contribution < -0.4 is 11.1 Å². The van der Waals surface area contributed by atoms with Gasteiger partial charge in [-0.3, -0.25) is 10.1 Å². The number of hydrogen-bond donors (Lipinski definition) is 3. The fraction of sp³-hybridized carbons (Fsp3) is 0.565. The summed E-state index contributed by atoms with van der Waals surface area (Å²) in [6.45, 7) is 9.61. The molecule has 0 spiro atoms. The first kappa shape index (κ1) is 23.8. The van der Waals surface area contributed by atoms with Gasteiger partial charge in [0.2, 0.25) is 5.91 Å². The van der Waals surface area contributed by atoms with Crippen LogP contribution in [-0.2, 0) is 16.1 Å². The predicted octanol–water partition coefficient (Wildman–Crippen LogP) is 2.52. The van der Waals surface area contributed by atoms with E-state index in [2.05, 4.69) is 34.6 Å². The van der Waals surface area contributed by atoms with E-state index in [4.69, 9.17) is 10.5 Å². The highest BCUT2D eigenvalue weighted by molar-refractivity contribution is 7.13. The Bertz CT molecular complexity index is 862. The molecule has 170 valence electrons. The molecule has 1 unspecified atom stereocenters. The number of nitrogens with one attached hydrogen (secondary N) is 1. The molecule has 0 saturated carbocycles. The molecule has 2 aromatic rings. The van der Waals surface area contributed by atoms with E-state index in [-0.39, 0.29) is 17.4 Å². The van der Waals surface area contributed by atoms with Gasteiger partial charge in [-0.2, -0.15) is 0 Å². The molecular weight excluding hydrogens is 412 g/mol. The monoisotopic (exact) mass is 446 g/mol. The number of likely N-dealkylation sites (tertiary alicyclic amines) is 1. The van der Waals surface area contributed by atoms with Crippen LogP contribution in [0.1, 0.15) is 38.4 Å². The van der Waals surface area contributed by atoms with E-state index in [0.29, 0.717) is 32.8 Å². The second-order valence-electron chi connectivity index (χ2n) is 9.28. The van der Waals surface area contributed by atoms with Crippen molar-refractivity contribution in [3.8, 4) is 10.4 Å². The van der Waals surface area contributed by atoms with Crippen molar-refractivity contribution in [1.82, 2.24) is 15.2 Å². The van der Waals surface area contributed by atoms with Gasteiger partial charge in [0, 0.05) is 13.1 Å². The van der Waals surface area contributed by atoms with E-state index in [9.17, 15) is 9.90 Å². The highest BCUT2D eigenvalue weighted by atomic mass is 32.1. The SMILES string of the molecule is Cc1ncsc1-c1ccc(CNCOCC2C[C@@H](O)CN2C(=O)[C@@H](N)C(C)(C)C)cc1. The van der Waals surface area contributed by atoms with Crippen LogP contribution in [0.15, 0.2) is 29.8 Å². The Morgan fingerprint density at radius 2 is 2.10 bits per heavy atom. The molecule has 1 aromatic carbocycles. The van der Waals surface area contributed by atoms with Gasteiger partial charge in [0.25, 0.3) is 0 Å². The molecule has 31 heavy (non-hydrogen) atoms. The zero-order valence-corrected chi connectivity index (χ0v) is 19.6. The molecule has 0 radical (unpaired) electrons. The molecule has 1 amide bonds. The first-order valence-corrected chi connectivity index (χ1v) is 11.6. The number of aliphatic hydroxyl groups excluding tert-OH is 1. The zero-order valence-electron chi connectivity index (χ0n) is 18.8. The van der Waals surface area contributed by atoms with Crippen LogP contribution in [0.25, 0.3) is 10.4 Å². The van der Waals surface area contributed by atoms with Crippen molar-refractivity contribution >= 4 is 17.2 Å². The first-order chi connectivity index (χ1) is 14.7. The van der Waals surface area contributed by atoms with E-state index in [1.54, 1.807) is 16.2 Å². The molecule has 8 heteroatoms. The molecule has 1 aromatic heterocycles. The molecule has 0 aliphatic carbocycles. The van der Waals surface area contributed by atoms with Gasteiger partial charge in [-0.1, -0.05) is 45.0 Å². The Kier molecular flexibility index (Phi) is 7.82. The van der Waals surface area contributed by atoms with Gasteiger partial charge in [-0.05, 0) is 29.9 Å². The van der Waals surface area contributed by atoms with Crippen molar-refractivity contribution in [2.45, 2.75) is 58.8 Å². The number of amides is 1. The summed E-state index contributed by atoms with van der Waals surface area (Å²) in [7, 11) is 0. The molecule has 1 aliphatic heterocycles. The summed E-state index contributed by atoms with van der Waals surface area (Å²) < 4.78 is 5.77. The summed E-state index contributed by atoms with van der Waals surface area (Å²) in [5.41, 5.74) is 11.1. The number of β-amino-alcohol motifs (C(OH)–C–C–N with tert-alkyl or cyclic N) is 1. The van der Waals surface area contributed by atoms with Crippen molar-refractivity contribution in [3.63, 3.8) is 0 Å². The Hall–Kier alpha value is -1.84. The lowest BCUT2D eigenvalue weighted by Crippen LogP contribution is -2.52. The molecule has 1 saturated heterocycles. The van der Waals surface area contributed by atoms with Crippen molar-refractivity contribution in [3.05, 3.63) is 41.0 Å². The Labute approximate surface area is 188 Å². The van der Waals surface area contributed by atoms with Crippen molar-refractivity contribution in [2.75, 3.05) is 19.9 Å². The molecule has 3 atom stereocenters. The third-order valence-electron chi connectivity index (χ3n) is 5.68. The summed E-state index contributed by atoms with van der Waals surface area (Å²) in [5.74, 6) is -0.123. The highest BCUT2D eigenvalue weighted by Crippen LogP contribution is 2.27. The largest absolute Gasteiger partial charge is 0.391 e. The lowest BCUT2D eigenvalue weighted by molar-refractivity contribution is -0.137. The molecule has 4 N–H and O–H groups in total. The van der Waals surface area contributed by atoms with Crippen LogP contribution in [0.4, 0.5) is 0 Å². The fourth-order valence-corrected chi connectivity index (χ4v) is 4.50. The fourth-order valence-electron chi connectivity index (χ4n) is 3.68. The van der Waals surface area contributed by atoms with Crippen molar-refractivity contribution in [2.24, 2.45) is 11.1 Å². The van der Waals surface area contributed by atoms with Gasteiger partial charge in [0.05, 0.1) is 47.6 Å². The number of nitrogens with zero attached hydrogens (tertiary/aromatic N) is 2. The predicted molar refractivity (Wildman–Crippen MR) is 124 cm³/mol. The first-order valence-electron chi connectivity index (χ1n) is 10.7. The Morgan fingerprint density at radius 3 is 2.71 bits per heavy atom. The Balaban J connectivity index is 1.43. The lowest BCUT2D eigenvalue weighted by Gasteiger charge is -2.32. The van der Waals surface area contributed by atoms with Gasteiger partial charge >= 0.3 is 0 Å². The van der Waals surface area contributed by atoms with E-state index in [1.165, 1.54) is 16.0 Å². The number of carbonyl (C=O) groups excluding carboxylic acids is 1. The average molecular weight is 447 g/mol. The number of rotatable bonds is 8. The highest BCUT2D eigenvalue weighted by Gasteiger charge is 2.39. The standard InChI is InChI=1S/C23H34N4O3S/c1-15-20(31-14-26-15)17-7-5-16(6-8-17)10-25-13-30-12-18-9-19(28)11-27(18)22(29)21(24)23(2,3)4/h5-8,14,18-19,21,25,28H,9-13,24H2,1-4H3/t18?,19-,21-/m1/s1. The number of aryl methyl sites for hydroxylation is 1. The summed E-state index contributed by atoms with van der Waals surface area (Å²) in [5, 5.41) is 13.3. The maximum Gasteiger partial charge on any atom is 0.240 e. The molecule has 1 fully saturated rings. The van der Waals surface area contributed by atoms with E-state index in [0.717, 1.165) is 5.69 Å². The smallest absolute Gasteiger partial charge is 0.240 e. The van der Waals surface area contributed by atoms with Crippen LogP contribution in [0, 0.1) is 12.3 Å². The van der Waals surface area contributed by atoms with Gasteiger partial charge < -0.3 is 20.5 Å². The second kappa shape index (κ2) is 10.2. The molecule has 7 nitrogen and oxygen atoms in total. The summed E-state index contributed by atoms with van der Waals surface area (Å²) in [6, 6.07) is 7.67. The third kappa shape index (κ3) is 6.11. The van der Waals surface area contributed by atoms with Gasteiger partial charge in [0.1, 0.15) is 0 Å². The normalized spacial score (nSPS) is 20.3. The van der Waals surface area contributed by atoms with E-state index in [1.807, 2.05) is 33.2 Å². The number of hydrogen-bond acceptors (Lipinski definition) is 7. The number of aromatic nitrogens is 1. The average Bonchev–Trinajstić information content (AvgIpc) is 3.31. The van der Waals surface area contributed by atoms with E-state index >= 15 is 0 Å². The van der Waals surface area contributed by atoms with Crippen molar-refractivity contribution in [1.29, 1.82) is 0 Å². The maximum atomic E-state index is 12.8. The minimum absolute atomic E-state index is 0.123. The third-order valence-corrected chi connectivity index (χ3v) is 6.66. The number of benzene rings is 1. The number of nitrogens with two attached hydrogens (primary N) is 1. The zero-order chi connectivity index (χ0) is 22.6. The van der Waals surface area contributed by atoms with Gasteiger partial charge in [0.15, 0.2) is 0 Å². The number of thiazole rings is 1. The minimum atomic E-state index is -0.602. The summed E-state index contributed by atoms with van der Waals surface area (Å²) in [6.07, 6.45) is -0.0143. The molecule has 3 rings (SSSR count). The molecule has 0 bridgehead atoms. The van der Waals surface area contributed by atoms with Crippen molar-refractivity contribution < 1.29 is 14.6 Å². The maximum absolute atomic E-state index is 12.8. The van der Waals surface area contributed by atoms with E-state index < -0.39 is 12.1 Å². The molecular formula is C23H34N4O3S. The quantitative estimate of drug-likeness (QED) is 0.426. The summed E-state index contributed by atoms with van der Waals surface area (Å²) in [4.78, 5) is 20.0. The topological polar surface area (TPSA) is 101 Å². The minimum Gasteiger partial charge on any atom is -0.391 e. The summed E-state index contributed by atoms with van der Waals surface area (Å²) >= 11 is 1.65. The number of carbonyl (C=O) groups is 1. The second-order valence-corrected chi connectivity index (χ2v) is 10.1. The van der Waals surface area contributed by atoms with Crippen LogP contribution in [-0.4, -0.2) is 59.0 Å². The number of aliphatic hydroxyl groups is 1. The number of ether oxygens (including phenoxy) is 1. The van der Waals surface area contributed by atoms with Crippen LogP contribution >= 0.6 is 11.3 Å². The van der Waals surface area contributed by atoms with Crippen LogP contribution in [0.3, 0.4) is 0 Å².